The monoisotopic (exact) mass is 447 g/mol. The number of aromatic carboxylic acids is 1. The highest BCUT2D eigenvalue weighted by Gasteiger charge is 2.31. The lowest BCUT2D eigenvalue weighted by Crippen LogP contribution is -2.36. The summed E-state index contributed by atoms with van der Waals surface area (Å²) in [5.74, 6) is -4.22. The molecule has 1 amide bonds. The third-order valence-electron chi connectivity index (χ3n) is 3.05. The van der Waals surface area contributed by atoms with Crippen LogP contribution in [0.25, 0.3) is 0 Å². The van der Waals surface area contributed by atoms with Gasteiger partial charge in [-0.2, -0.15) is 0 Å². The maximum absolute atomic E-state index is 12.6. The zero-order chi connectivity index (χ0) is 23.6. The number of nitrogens with zero attached hydrogens (tertiary/aromatic N) is 2. The Morgan fingerprint density at radius 3 is 2.30 bits per heavy atom. The molecule has 148 valence electrons. The van der Waals surface area contributed by atoms with Crippen LogP contribution >= 0.6 is 15.9 Å². The second-order valence-corrected chi connectivity index (χ2v) is 7.18. The van der Waals surface area contributed by atoms with Gasteiger partial charge in [-0.05, 0) is 49.2 Å². The van der Waals surface area contributed by atoms with E-state index in [1.807, 2.05) is 0 Å². The standard InChI is InChI=1S/C17H21BrN2O7/c1-8-11(10(22)7-26-9(2)21)12(15(23)24)14(19-13(8)18)20(6)16(25)27-17(3,4)5/h7H2,1-6H3,(H,23,24)/i6D3. The highest BCUT2D eigenvalue weighted by atomic mass is 79.9. The normalized spacial score (nSPS) is 13.0. The minimum absolute atomic E-state index is 0.0583. The summed E-state index contributed by atoms with van der Waals surface area (Å²) in [4.78, 5) is 52.2. The van der Waals surface area contributed by atoms with Gasteiger partial charge >= 0.3 is 18.0 Å². The molecule has 1 aromatic heterocycles. The van der Waals surface area contributed by atoms with Crippen molar-refractivity contribution in [3.63, 3.8) is 0 Å². The van der Waals surface area contributed by atoms with Gasteiger partial charge < -0.3 is 14.6 Å². The van der Waals surface area contributed by atoms with Crippen LogP contribution in [0.2, 0.25) is 0 Å². The number of carboxylic acids is 1. The summed E-state index contributed by atoms with van der Waals surface area (Å²) in [6.07, 6.45) is -1.38. The van der Waals surface area contributed by atoms with E-state index in [9.17, 15) is 24.3 Å². The quantitative estimate of drug-likeness (QED) is 0.414. The van der Waals surface area contributed by atoms with Crippen LogP contribution in [0.4, 0.5) is 10.6 Å². The van der Waals surface area contributed by atoms with E-state index in [1.54, 1.807) is 0 Å². The van der Waals surface area contributed by atoms with Gasteiger partial charge in [0.15, 0.2) is 12.4 Å². The molecule has 0 radical (unpaired) electrons. The van der Waals surface area contributed by atoms with E-state index >= 15 is 0 Å². The lowest BCUT2D eigenvalue weighted by Gasteiger charge is -2.26. The molecule has 0 aromatic carbocycles. The molecule has 0 bridgehead atoms. The lowest BCUT2D eigenvalue weighted by atomic mass is 10.00. The number of anilines is 1. The predicted octanol–water partition coefficient (Wildman–Crippen LogP) is 2.97. The molecule has 1 aromatic rings. The van der Waals surface area contributed by atoms with Crippen molar-refractivity contribution in [1.29, 1.82) is 0 Å². The number of aromatic nitrogens is 1. The first-order valence-corrected chi connectivity index (χ1v) is 8.39. The number of pyridine rings is 1. The number of amides is 1. The molecule has 0 aliphatic heterocycles. The predicted molar refractivity (Wildman–Crippen MR) is 99.2 cm³/mol. The molecule has 0 spiro atoms. The number of ketones is 1. The third kappa shape index (κ3) is 5.75. The Morgan fingerprint density at radius 1 is 1.26 bits per heavy atom. The van der Waals surface area contributed by atoms with Crippen molar-refractivity contribution < 1.29 is 37.9 Å². The minimum atomic E-state index is -3.19. The number of esters is 1. The van der Waals surface area contributed by atoms with Crippen molar-refractivity contribution in [2.75, 3.05) is 18.5 Å². The van der Waals surface area contributed by atoms with Gasteiger partial charge in [0.05, 0.1) is 0 Å². The van der Waals surface area contributed by atoms with Crippen LogP contribution in [-0.4, -0.2) is 53.1 Å². The highest BCUT2D eigenvalue weighted by Crippen LogP contribution is 2.30. The fourth-order valence-corrected chi connectivity index (χ4v) is 2.35. The van der Waals surface area contributed by atoms with Crippen LogP contribution < -0.4 is 4.90 Å². The number of rotatable bonds is 5. The summed E-state index contributed by atoms with van der Waals surface area (Å²) >= 11 is 3.05. The number of carbonyl (C=O) groups excluding carboxylic acids is 3. The van der Waals surface area contributed by atoms with Crippen molar-refractivity contribution in [3.05, 3.63) is 21.3 Å². The van der Waals surface area contributed by atoms with Gasteiger partial charge in [-0.1, -0.05) is 0 Å². The van der Waals surface area contributed by atoms with Gasteiger partial charge in [0.2, 0.25) is 5.78 Å². The number of hydrogen-bond donors (Lipinski definition) is 1. The number of ether oxygens (including phenoxy) is 2. The van der Waals surface area contributed by atoms with Crippen molar-refractivity contribution in [3.8, 4) is 0 Å². The van der Waals surface area contributed by atoms with Crippen LogP contribution in [0.3, 0.4) is 0 Å². The maximum atomic E-state index is 12.6. The number of carbonyl (C=O) groups is 4. The van der Waals surface area contributed by atoms with Gasteiger partial charge in [0.1, 0.15) is 15.8 Å². The molecular weight excluding hydrogens is 424 g/mol. The summed E-state index contributed by atoms with van der Waals surface area (Å²) in [6, 6.07) is 0. The molecule has 0 saturated heterocycles. The summed E-state index contributed by atoms with van der Waals surface area (Å²) in [5.41, 5.74) is -2.34. The molecular formula is C17H21BrN2O7. The summed E-state index contributed by atoms with van der Waals surface area (Å²) in [5, 5.41) is 9.74. The fraction of sp³-hybridized carbons (Fsp3) is 0.471. The number of halogens is 1. The molecule has 9 nitrogen and oxygen atoms in total. The molecule has 1 rings (SSSR count). The molecule has 10 heteroatoms. The van der Waals surface area contributed by atoms with Gasteiger partial charge in [0, 0.05) is 23.6 Å². The van der Waals surface area contributed by atoms with E-state index in [0.717, 1.165) is 6.92 Å². The molecule has 0 fully saturated rings. The Hall–Kier alpha value is -2.49. The van der Waals surface area contributed by atoms with Crippen molar-refractivity contribution in [2.24, 2.45) is 0 Å². The van der Waals surface area contributed by atoms with Crippen molar-refractivity contribution in [2.45, 2.75) is 40.2 Å². The number of hydrogen-bond acceptors (Lipinski definition) is 7. The minimum Gasteiger partial charge on any atom is -0.478 e. The van der Waals surface area contributed by atoms with Crippen molar-refractivity contribution >= 4 is 45.6 Å². The van der Waals surface area contributed by atoms with Gasteiger partial charge in [-0.15, -0.1) is 0 Å². The van der Waals surface area contributed by atoms with Gasteiger partial charge in [-0.25, -0.2) is 14.6 Å². The molecule has 0 saturated carbocycles. The van der Waals surface area contributed by atoms with Gasteiger partial charge in [0.25, 0.3) is 0 Å². The van der Waals surface area contributed by atoms with E-state index in [2.05, 4.69) is 25.7 Å². The first-order chi connectivity index (χ1) is 13.5. The topological polar surface area (TPSA) is 123 Å². The molecule has 27 heavy (non-hydrogen) atoms. The second-order valence-electron chi connectivity index (χ2n) is 6.43. The van der Waals surface area contributed by atoms with Crippen LogP contribution in [0.1, 0.15) is 58.1 Å². The van der Waals surface area contributed by atoms with E-state index in [4.69, 9.17) is 8.85 Å². The average Bonchev–Trinajstić information content (AvgIpc) is 2.51. The first kappa shape index (κ1) is 17.9. The van der Waals surface area contributed by atoms with E-state index in [-0.39, 0.29) is 15.1 Å². The maximum Gasteiger partial charge on any atom is 0.415 e. The smallest absolute Gasteiger partial charge is 0.415 e. The molecule has 0 aliphatic carbocycles. The van der Waals surface area contributed by atoms with Crippen LogP contribution in [0.5, 0.6) is 0 Å². The Kier molecular flexibility index (Phi) is 5.61. The van der Waals surface area contributed by atoms with Crippen LogP contribution in [0.15, 0.2) is 4.60 Å². The zero-order valence-corrected chi connectivity index (χ0v) is 17.0. The van der Waals surface area contributed by atoms with Crippen LogP contribution in [-0.2, 0) is 14.3 Å². The average molecular weight is 448 g/mol. The van der Waals surface area contributed by atoms with E-state index in [0.29, 0.717) is 0 Å². The summed E-state index contributed by atoms with van der Waals surface area (Å²) in [7, 11) is 0. The fourth-order valence-electron chi connectivity index (χ4n) is 1.98. The SMILES string of the molecule is [2H]C([2H])([2H])N(C(=O)OC(C)(C)C)c1nc(Br)c(C)c(C(=O)COC(C)=O)c1C(=O)O. The molecule has 0 atom stereocenters. The highest BCUT2D eigenvalue weighted by molar-refractivity contribution is 9.10. The third-order valence-corrected chi connectivity index (χ3v) is 3.82. The molecule has 0 unspecified atom stereocenters. The molecule has 1 heterocycles. The zero-order valence-electron chi connectivity index (χ0n) is 18.4. The summed E-state index contributed by atoms with van der Waals surface area (Å²) < 4.78 is 32.7. The Balaban J connectivity index is 3.82. The number of Topliss-reactive ketones (excluding diaryl/α,β-unsaturated/α-hetero) is 1. The molecule has 0 aliphatic rings. The first-order valence-electron chi connectivity index (χ1n) is 9.10. The second kappa shape index (κ2) is 8.47. The van der Waals surface area contributed by atoms with E-state index < -0.39 is 59.9 Å². The van der Waals surface area contributed by atoms with Crippen molar-refractivity contribution in [1.82, 2.24) is 4.98 Å². The largest absolute Gasteiger partial charge is 0.478 e. The number of carboxylic acid groups (broad SMARTS) is 1. The van der Waals surface area contributed by atoms with Crippen LogP contribution in [0, 0.1) is 6.92 Å². The van der Waals surface area contributed by atoms with Gasteiger partial charge in [-0.3, -0.25) is 14.5 Å². The Labute approximate surface area is 169 Å². The lowest BCUT2D eigenvalue weighted by molar-refractivity contribution is -0.139. The Bertz CT molecular complexity index is 895. The molecule has 1 N–H and O–H groups in total. The Morgan fingerprint density at radius 2 is 1.85 bits per heavy atom. The van der Waals surface area contributed by atoms with E-state index in [1.165, 1.54) is 27.7 Å². The summed E-state index contributed by atoms with van der Waals surface area (Å²) in [6.45, 7) is 2.93.